The third-order valence-electron chi connectivity index (χ3n) is 9.74. The minimum atomic E-state index is 0.599. The van der Waals surface area contributed by atoms with Crippen molar-refractivity contribution in [2.24, 2.45) is 0 Å². The molecule has 0 radical (unpaired) electrons. The Morgan fingerprint density at radius 3 is 1.65 bits per heavy atom. The second-order valence-electron chi connectivity index (χ2n) is 12.8. The van der Waals surface area contributed by atoms with Gasteiger partial charge >= 0.3 is 0 Å². The summed E-state index contributed by atoms with van der Waals surface area (Å²) >= 11 is 0. The molecule has 0 aliphatic rings. The Balaban J connectivity index is 1.18. The predicted molar refractivity (Wildman–Crippen MR) is 209 cm³/mol. The molecule has 0 saturated carbocycles. The standard InChI is InChI=1S/C47H29N3O/c1-3-12-30(13-4-1)31-22-24-32(25-23-31)34-26-27-42-41(28-34)44-39(20-11-21-43(44)51-42)46-48-45(33-14-5-2-6-15-33)49-47(50-46)40-29-35-16-7-8-17-36(35)37-18-9-10-19-38(37)40/h1-29H. The van der Waals surface area contributed by atoms with Crippen molar-refractivity contribution in [3.63, 3.8) is 0 Å². The first-order chi connectivity index (χ1) is 25.3. The maximum Gasteiger partial charge on any atom is 0.164 e. The molecule has 8 aromatic carbocycles. The molecule has 0 saturated heterocycles. The Labute approximate surface area is 294 Å². The van der Waals surface area contributed by atoms with E-state index in [0.717, 1.165) is 60.5 Å². The average molecular weight is 652 g/mol. The number of rotatable bonds is 5. The van der Waals surface area contributed by atoms with Gasteiger partial charge in [0.15, 0.2) is 17.5 Å². The van der Waals surface area contributed by atoms with Crippen LogP contribution >= 0.6 is 0 Å². The molecule has 4 heteroatoms. The van der Waals surface area contributed by atoms with Crippen molar-refractivity contribution in [1.82, 2.24) is 15.0 Å². The maximum atomic E-state index is 6.45. The lowest BCUT2D eigenvalue weighted by atomic mass is 9.96. The lowest BCUT2D eigenvalue weighted by Crippen LogP contribution is -2.01. The molecule has 10 aromatic rings. The molecule has 0 amide bonds. The first-order valence-electron chi connectivity index (χ1n) is 17.1. The summed E-state index contributed by atoms with van der Waals surface area (Å²) in [4.78, 5) is 15.5. The van der Waals surface area contributed by atoms with Crippen molar-refractivity contribution in [1.29, 1.82) is 0 Å². The van der Waals surface area contributed by atoms with Crippen molar-refractivity contribution < 1.29 is 4.42 Å². The van der Waals surface area contributed by atoms with E-state index in [9.17, 15) is 0 Å². The summed E-state index contributed by atoms with van der Waals surface area (Å²) in [6.07, 6.45) is 0. The van der Waals surface area contributed by atoms with Crippen molar-refractivity contribution in [2.75, 3.05) is 0 Å². The molecule has 4 nitrogen and oxygen atoms in total. The van der Waals surface area contributed by atoms with E-state index < -0.39 is 0 Å². The van der Waals surface area contributed by atoms with Gasteiger partial charge < -0.3 is 4.42 Å². The van der Waals surface area contributed by atoms with Crippen LogP contribution in [-0.2, 0) is 0 Å². The maximum absolute atomic E-state index is 6.45. The summed E-state index contributed by atoms with van der Waals surface area (Å²) in [6, 6.07) is 61.0. The highest BCUT2D eigenvalue weighted by Gasteiger charge is 2.20. The molecule has 2 heterocycles. The van der Waals surface area contributed by atoms with E-state index in [-0.39, 0.29) is 0 Å². The molecular formula is C47H29N3O. The Bertz CT molecular complexity index is 2900. The molecule has 0 aliphatic carbocycles. The van der Waals surface area contributed by atoms with Gasteiger partial charge in [0.2, 0.25) is 0 Å². The molecule has 0 fully saturated rings. The lowest BCUT2D eigenvalue weighted by molar-refractivity contribution is 0.669. The van der Waals surface area contributed by atoms with Crippen LogP contribution in [0.3, 0.4) is 0 Å². The van der Waals surface area contributed by atoms with E-state index in [0.29, 0.717) is 17.5 Å². The number of nitrogens with zero attached hydrogens (tertiary/aromatic N) is 3. The van der Waals surface area contributed by atoms with Crippen LogP contribution in [0.2, 0.25) is 0 Å². The SMILES string of the molecule is c1ccc(-c2ccc(-c3ccc4oc5cccc(-c6nc(-c7ccccc7)nc(-c7cc8ccccc8c8ccccc78)n6)c5c4c3)cc2)cc1. The Hall–Kier alpha value is -6.91. The van der Waals surface area contributed by atoms with E-state index in [4.69, 9.17) is 19.4 Å². The first-order valence-corrected chi connectivity index (χ1v) is 17.1. The number of benzene rings is 8. The van der Waals surface area contributed by atoms with Crippen molar-refractivity contribution in [2.45, 2.75) is 0 Å². The molecule has 0 aliphatic heterocycles. The van der Waals surface area contributed by atoms with Gasteiger partial charge in [0, 0.05) is 27.5 Å². The molecule has 0 N–H and O–H groups in total. The third kappa shape index (κ3) is 5.04. The van der Waals surface area contributed by atoms with Gasteiger partial charge in [-0.25, -0.2) is 15.0 Å². The molecule has 0 bridgehead atoms. The van der Waals surface area contributed by atoms with E-state index in [1.54, 1.807) is 0 Å². The van der Waals surface area contributed by atoms with Gasteiger partial charge in [0.25, 0.3) is 0 Å². The second-order valence-corrected chi connectivity index (χ2v) is 12.8. The fourth-order valence-corrected chi connectivity index (χ4v) is 7.25. The average Bonchev–Trinajstić information content (AvgIpc) is 3.59. The molecule has 238 valence electrons. The van der Waals surface area contributed by atoms with Crippen LogP contribution in [0.15, 0.2) is 180 Å². The molecule has 51 heavy (non-hydrogen) atoms. The quantitative estimate of drug-likeness (QED) is 0.174. The van der Waals surface area contributed by atoms with Crippen LogP contribution in [0, 0.1) is 0 Å². The third-order valence-corrected chi connectivity index (χ3v) is 9.74. The number of aromatic nitrogens is 3. The fourth-order valence-electron chi connectivity index (χ4n) is 7.25. The van der Waals surface area contributed by atoms with Crippen LogP contribution in [0.4, 0.5) is 0 Å². The zero-order valence-electron chi connectivity index (χ0n) is 27.5. The van der Waals surface area contributed by atoms with Gasteiger partial charge in [-0.3, -0.25) is 0 Å². The normalized spacial score (nSPS) is 11.5. The Morgan fingerprint density at radius 1 is 0.314 bits per heavy atom. The summed E-state index contributed by atoms with van der Waals surface area (Å²) in [5.41, 5.74) is 9.05. The number of furan rings is 1. The van der Waals surface area contributed by atoms with E-state index in [1.165, 1.54) is 21.9 Å². The monoisotopic (exact) mass is 651 g/mol. The van der Waals surface area contributed by atoms with Gasteiger partial charge in [0.05, 0.1) is 0 Å². The summed E-state index contributed by atoms with van der Waals surface area (Å²) < 4.78 is 6.45. The van der Waals surface area contributed by atoms with Gasteiger partial charge in [0.1, 0.15) is 11.2 Å². The molecule has 0 atom stereocenters. The van der Waals surface area contributed by atoms with Gasteiger partial charge in [-0.15, -0.1) is 0 Å². The molecule has 0 spiro atoms. The largest absolute Gasteiger partial charge is 0.456 e. The second kappa shape index (κ2) is 11.9. The van der Waals surface area contributed by atoms with Crippen molar-refractivity contribution in [3.8, 4) is 56.4 Å². The van der Waals surface area contributed by atoms with E-state index >= 15 is 0 Å². The van der Waals surface area contributed by atoms with Crippen LogP contribution < -0.4 is 0 Å². The Kier molecular flexibility index (Phi) is 6.78. The van der Waals surface area contributed by atoms with Crippen LogP contribution in [-0.4, -0.2) is 15.0 Å². The van der Waals surface area contributed by atoms with Crippen molar-refractivity contribution in [3.05, 3.63) is 176 Å². The summed E-state index contributed by atoms with van der Waals surface area (Å²) in [5, 5.41) is 6.61. The highest BCUT2D eigenvalue weighted by molar-refractivity contribution is 6.14. The van der Waals surface area contributed by atoms with Gasteiger partial charge in [-0.05, 0) is 68.1 Å². The minimum absolute atomic E-state index is 0.599. The topological polar surface area (TPSA) is 51.8 Å². The summed E-state index contributed by atoms with van der Waals surface area (Å²) in [7, 11) is 0. The van der Waals surface area contributed by atoms with Gasteiger partial charge in [-0.2, -0.15) is 0 Å². The summed E-state index contributed by atoms with van der Waals surface area (Å²) in [5.74, 6) is 1.85. The fraction of sp³-hybridized carbons (Fsp3) is 0. The van der Waals surface area contributed by atoms with Crippen LogP contribution in [0.1, 0.15) is 0 Å². The van der Waals surface area contributed by atoms with E-state index in [1.807, 2.05) is 48.5 Å². The van der Waals surface area contributed by atoms with Crippen molar-refractivity contribution >= 4 is 43.5 Å². The highest BCUT2D eigenvalue weighted by atomic mass is 16.3. The Morgan fingerprint density at radius 2 is 0.882 bits per heavy atom. The lowest BCUT2D eigenvalue weighted by Gasteiger charge is -2.12. The van der Waals surface area contributed by atoms with Crippen LogP contribution in [0.5, 0.6) is 0 Å². The highest BCUT2D eigenvalue weighted by Crippen LogP contribution is 2.40. The van der Waals surface area contributed by atoms with Crippen LogP contribution in [0.25, 0.3) is 99.9 Å². The zero-order chi connectivity index (χ0) is 33.7. The number of hydrogen-bond donors (Lipinski definition) is 0. The van der Waals surface area contributed by atoms with Gasteiger partial charge in [-0.1, -0.05) is 152 Å². The molecule has 2 aromatic heterocycles. The number of hydrogen-bond acceptors (Lipinski definition) is 4. The first kappa shape index (κ1) is 29.0. The molecular weight excluding hydrogens is 623 g/mol. The zero-order valence-corrected chi connectivity index (χ0v) is 27.5. The molecule has 10 rings (SSSR count). The summed E-state index contributed by atoms with van der Waals surface area (Å²) in [6.45, 7) is 0. The predicted octanol–water partition coefficient (Wildman–Crippen LogP) is 12.4. The molecule has 0 unspecified atom stereocenters. The van der Waals surface area contributed by atoms with E-state index in [2.05, 4.69) is 127 Å². The minimum Gasteiger partial charge on any atom is -0.456 e. The smallest absolute Gasteiger partial charge is 0.164 e. The number of fused-ring (bicyclic) bond motifs is 6.